The average Bonchev–Trinajstić information content (AvgIpc) is 2.93. The molecule has 0 heterocycles. The summed E-state index contributed by atoms with van der Waals surface area (Å²) in [5.74, 6) is -1.38. The molecule has 0 aromatic carbocycles. The lowest BCUT2D eigenvalue weighted by Gasteiger charge is -2.26. The van der Waals surface area contributed by atoms with Crippen molar-refractivity contribution < 1.29 is 28.6 Å². The van der Waals surface area contributed by atoms with Crippen LogP contribution >= 0.6 is 0 Å². The lowest BCUT2D eigenvalue weighted by Crippen LogP contribution is -2.43. The second-order valence-corrected chi connectivity index (χ2v) is 9.29. The lowest BCUT2D eigenvalue weighted by atomic mass is 10.0. The Hall–Kier alpha value is -2.71. The van der Waals surface area contributed by atoms with Crippen LogP contribution in [0.3, 0.4) is 0 Å². The van der Waals surface area contributed by atoms with E-state index in [0.29, 0.717) is 32.4 Å². The largest absolute Gasteiger partial charge is 0.498 e. The summed E-state index contributed by atoms with van der Waals surface area (Å²) in [6, 6.07) is 0. The molecule has 2 atom stereocenters. The monoisotopic (exact) mass is 548 g/mol. The van der Waals surface area contributed by atoms with Crippen molar-refractivity contribution in [2.75, 3.05) is 19.7 Å². The highest BCUT2D eigenvalue weighted by atomic mass is 16.6. The first-order chi connectivity index (χ1) is 19.0. The summed E-state index contributed by atoms with van der Waals surface area (Å²) in [7, 11) is 0. The zero-order valence-electron chi connectivity index (χ0n) is 24.0. The lowest BCUT2D eigenvalue weighted by molar-refractivity contribution is -0.175. The third-order valence-corrected chi connectivity index (χ3v) is 5.82. The molecule has 0 amide bonds. The second-order valence-electron chi connectivity index (χ2n) is 9.29. The van der Waals surface area contributed by atoms with E-state index >= 15 is 0 Å². The molecule has 8 heteroatoms. The Labute approximate surface area is 235 Å². The molecule has 0 spiro atoms. The third-order valence-electron chi connectivity index (χ3n) is 5.82. The van der Waals surface area contributed by atoms with Crippen molar-refractivity contribution in [1.82, 2.24) is 0 Å². The van der Waals surface area contributed by atoms with Crippen molar-refractivity contribution in [2.45, 2.75) is 109 Å². The summed E-state index contributed by atoms with van der Waals surface area (Å²) in [6.45, 7) is 6.12. The minimum absolute atomic E-state index is 0.0997. The van der Waals surface area contributed by atoms with Crippen molar-refractivity contribution in [3.8, 4) is 0 Å². The van der Waals surface area contributed by atoms with Crippen molar-refractivity contribution in [1.29, 1.82) is 0 Å². The number of unbranched alkanes of at least 4 members (excludes halogenated alkanes) is 5. The maximum absolute atomic E-state index is 12.8. The zero-order chi connectivity index (χ0) is 29.0. The van der Waals surface area contributed by atoms with E-state index in [0.717, 1.165) is 51.4 Å². The molecular formula is C31H52N2O6. The molecule has 0 aliphatic rings. The van der Waals surface area contributed by atoms with Gasteiger partial charge in [-0.1, -0.05) is 69.2 Å². The number of esters is 2. The van der Waals surface area contributed by atoms with Crippen LogP contribution in [-0.2, 0) is 28.6 Å². The molecule has 222 valence electrons. The SMILES string of the molecule is C=COCC(OC(=O)CCCN)C(OC(=O)CCCCCCCC=CCC=CCC=CCC)C(=O)CCCN. The van der Waals surface area contributed by atoms with Gasteiger partial charge >= 0.3 is 11.9 Å². The first-order valence-electron chi connectivity index (χ1n) is 14.5. The highest BCUT2D eigenvalue weighted by Gasteiger charge is 2.34. The summed E-state index contributed by atoms with van der Waals surface area (Å²) >= 11 is 0. The molecule has 0 bridgehead atoms. The smallest absolute Gasteiger partial charge is 0.306 e. The van der Waals surface area contributed by atoms with Gasteiger partial charge in [-0.25, -0.2) is 0 Å². The van der Waals surface area contributed by atoms with E-state index in [-0.39, 0.29) is 31.7 Å². The number of nitrogens with two attached hydrogens (primary N) is 2. The predicted molar refractivity (Wildman–Crippen MR) is 157 cm³/mol. The fourth-order valence-electron chi connectivity index (χ4n) is 3.68. The molecule has 0 aromatic rings. The van der Waals surface area contributed by atoms with Crippen LogP contribution in [0.2, 0.25) is 0 Å². The van der Waals surface area contributed by atoms with E-state index in [2.05, 4.69) is 50.0 Å². The van der Waals surface area contributed by atoms with Gasteiger partial charge in [0.25, 0.3) is 0 Å². The molecule has 0 aromatic heterocycles. The Bertz CT molecular complexity index is 747. The Balaban J connectivity index is 4.51. The first kappa shape index (κ1) is 36.3. The van der Waals surface area contributed by atoms with Crippen LogP contribution in [0.25, 0.3) is 0 Å². The molecule has 4 N–H and O–H groups in total. The van der Waals surface area contributed by atoms with Crippen LogP contribution in [0.1, 0.15) is 96.8 Å². The van der Waals surface area contributed by atoms with Crippen LogP contribution in [0, 0.1) is 0 Å². The number of carbonyl (C=O) groups excluding carboxylic acids is 3. The normalized spacial score (nSPS) is 13.1. The molecule has 0 radical (unpaired) electrons. The summed E-state index contributed by atoms with van der Waals surface area (Å²) < 4.78 is 16.2. The Morgan fingerprint density at radius 3 is 1.95 bits per heavy atom. The van der Waals surface area contributed by atoms with Crippen molar-refractivity contribution in [3.05, 3.63) is 49.3 Å². The Morgan fingerprint density at radius 1 is 0.718 bits per heavy atom. The second kappa shape index (κ2) is 26.9. The number of Topliss-reactive ketones (excluding diaryl/α,β-unsaturated/α-hetero) is 1. The summed E-state index contributed by atoms with van der Waals surface area (Å²) in [5.41, 5.74) is 11.0. The zero-order valence-corrected chi connectivity index (χ0v) is 24.0. The van der Waals surface area contributed by atoms with E-state index in [9.17, 15) is 14.4 Å². The molecule has 8 nitrogen and oxygen atoms in total. The maximum atomic E-state index is 12.8. The molecule has 2 unspecified atom stereocenters. The number of ether oxygens (including phenoxy) is 3. The fraction of sp³-hybridized carbons (Fsp3) is 0.645. The maximum Gasteiger partial charge on any atom is 0.306 e. The minimum Gasteiger partial charge on any atom is -0.498 e. The Kier molecular flexibility index (Phi) is 25.0. The van der Waals surface area contributed by atoms with Gasteiger partial charge in [0.05, 0.1) is 6.26 Å². The molecule has 0 rings (SSSR count). The van der Waals surface area contributed by atoms with Crippen molar-refractivity contribution in [2.24, 2.45) is 11.5 Å². The van der Waals surface area contributed by atoms with E-state index < -0.39 is 24.1 Å². The van der Waals surface area contributed by atoms with Gasteiger partial charge in [0.2, 0.25) is 0 Å². The van der Waals surface area contributed by atoms with E-state index in [4.69, 9.17) is 25.7 Å². The van der Waals surface area contributed by atoms with Crippen LogP contribution in [0.15, 0.2) is 49.3 Å². The average molecular weight is 549 g/mol. The third kappa shape index (κ3) is 21.9. The van der Waals surface area contributed by atoms with Gasteiger partial charge in [0.15, 0.2) is 18.0 Å². The summed E-state index contributed by atoms with van der Waals surface area (Å²) in [4.78, 5) is 37.6. The topological polar surface area (TPSA) is 131 Å². The first-order valence-corrected chi connectivity index (χ1v) is 14.5. The van der Waals surface area contributed by atoms with E-state index in [1.54, 1.807) is 0 Å². The van der Waals surface area contributed by atoms with Gasteiger partial charge in [-0.2, -0.15) is 0 Å². The van der Waals surface area contributed by atoms with E-state index in [1.807, 2.05) is 0 Å². The van der Waals surface area contributed by atoms with Crippen LogP contribution in [0.4, 0.5) is 0 Å². The molecule has 0 saturated carbocycles. The van der Waals surface area contributed by atoms with Gasteiger partial charge < -0.3 is 25.7 Å². The number of allylic oxidation sites excluding steroid dienone is 6. The van der Waals surface area contributed by atoms with Gasteiger partial charge in [0.1, 0.15) is 6.61 Å². The number of hydrogen-bond acceptors (Lipinski definition) is 8. The van der Waals surface area contributed by atoms with E-state index in [1.165, 1.54) is 6.26 Å². The minimum atomic E-state index is -1.25. The molecule has 39 heavy (non-hydrogen) atoms. The summed E-state index contributed by atoms with van der Waals surface area (Å²) in [6.07, 6.45) is 22.2. The Morgan fingerprint density at radius 2 is 1.28 bits per heavy atom. The number of ketones is 1. The van der Waals surface area contributed by atoms with Crippen molar-refractivity contribution in [3.63, 3.8) is 0 Å². The molecule has 0 saturated heterocycles. The van der Waals surface area contributed by atoms with Gasteiger partial charge in [-0.3, -0.25) is 14.4 Å². The number of carbonyl (C=O) groups is 3. The van der Waals surface area contributed by atoms with Gasteiger partial charge in [-0.15, -0.1) is 0 Å². The predicted octanol–water partition coefficient (Wildman–Crippen LogP) is 5.61. The fourth-order valence-corrected chi connectivity index (χ4v) is 3.68. The number of rotatable bonds is 26. The van der Waals surface area contributed by atoms with Crippen LogP contribution in [-0.4, -0.2) is 49.6 Å². The molecule has 0 fully saturated rings. The number of hydrogen-bond donors (Lipinski definition) is 2. The van der Waals surface area contributed by atoms with Crippen LogP contribution in [0.5, 0.6) is 0 Å². The molecule has 0 aliphatic heterocycles. The van der Waals surface area contributed by atoms with Gasteiger partial charge in [0, 0.05) is 19.3 Å². The quantitative estimate of drug-likeness (QED) is 0.0617. The highest BCUT2D eigenvalue weighted by molar-refractivity contribution is 5.86. The standard InChI is InChI=1S/C31H52N2O6/c1-3-5-6-7-8-9-10-11-12-13-14-15-16-17-18-22-30(36)39-31(27(34)21-19-24-32)28(26-37-4-2)38-29(35)23-20-25-33/h4-6,8-9,11-12,28,31H,2-3,7,10,13-26,32-33H2,1H3. The van der Waals surface area contributed by atoms with Crippen molar-refractivity contribution >= 4 is 17.7 Å². The van der Waals surface area contributed by atoms with Crippen LogP contribution < -0.4 is 11.5 Å². The molecular weight excluding hydrogens is 496 g/mol. The molecule has 0 aliphatic carbocycles. The highest BCUT2D eigenvalue weighted by Crippen LogP contribution is 2.15. The van der Waals surface area contributed by atoms with Gasteiger partial charge in [-0.05, 0) is 64.5 Å². The summed E-state index contributed by atoms with van der Waals surface area (Å²) in [5, 5.41) is 0.